The van der Waals surface area contributed by atoms with E-state index in [4.69, 9.17) is 4.74 Å². The van der Waals surface area contributed by atoms with Crippen molar-refractivity contribution in [1.29, 1.82) is 0 Å². The Morgan fingerprint density at radius 2 is 1.28 bits per heavy atom. The molecule has 0 radical (unpaired) electrons. The predicted octanol–water partition coefficient (Wildman–Crippen LogP) is 5.98. The summed E-state index contributed by atoms with van der Waals surface area (Å²) in [5, 5.41) is 27.1. The molecule has 0 spiro atoms. The number of carbonyl (C=O) groups is 6. The summed E-state index contributed by atoms with van der Waals surface area (Å²) in [5.74, 6) is -5.67. The van der Waals surface area contributed by atoms with Crippen LogP contribution in [0.1, 0.15) is 44.8 Å². The third-order valence-corrected chi connectivity index (χ3v) is 10.9. The van der Waals surface area contributed by atoms with Gasteiger partial charge in [0.25, 0.3) is 0 Å². The first kappa shape index (κ1) is 40.3. The van der Waals surface area contributed by atoms with E-state index in [2.05, 4.69) is 10.6 Å². The number of ketones is 2. The molecule has 57 heavy (non-hydrogen) atoms. The van der Waals surface area contributed by atoms with Gasteiger partial charge in [0.2, 0.25) is 11.8 Å². The number of aliphatic carboxylic acids is 1. The van der Waals surface area contributed by atoms with Crippen molar-refractivity contribution in [2.75, 3.05) is 6.61 Å². The van der Waals surface area contributed by atoms with Gasteiger partial charge in [0.05, 0.1) is 17.5 Å². The minimum atomic E-state index is -1.19. The molecule has 0 fully saturated rings. The number of Topliss-reactive ketones (excluding diaryl/α,β-unsaturated/α-hetero) is 2. The number of hydrogen-bond donors (Lipinski definition) is 4. The van der Waals surface area contributed by atoms with Gasteiger partial charge < -0.3 is 25.6 Å². The second kappa shape index (κ2) is 19.0. The average molecular weight is 787 g/mol. The molecule has 4 atom stereocenters. The molecule has 1 aromatic heterocycles. The summed E-state index contributed by atoms with van der Waals surface area (Å²) in [7, 11) is 0. The van der Waals surface area contributed by atoms with Gasteiger partial charge in [-0.2, -0.15) is 0 Å². The first-order valence-corrected chi connectivity index (χ1v) is 19.5. The number of carboxylic acid groups (broad SMARTS) is 2. The number of fused-ring (bicyclic) bond motifs is 16. The Morgan fingerprint density at radius 1 is 0.649 bits per heavy atom. The average Bonchev–Trinajstić information content (AvgIpc) is 3.73. The smallest absolute Gasteiger partial charge is 0.335 e. The molecule has 12 heteroatoms. The molecule has 7 rings (SSSR count). The normalized spacial score (nSPS) is 19.6. The van der Waals surface area contributed by atoms with Crippen LogP contribution in [-0.4, -0.2) is 64.2 Å². The molecule has 292 valence electrons. The second-order valence-electron chi connectivity index (χ2n) is 14.2. The molecule has 5 aromatic rings. The number of benzene rings is 4. The number of aromatic carboxylic acids is 1. The number of carboxylic acids is 2. The molecule has 3 heterocycles. The highest BCUT2D eigenvalue weighted by Gasteiger charge is 2.33. The molecule has 0 saturated heterocycles. The van der Waals surface area contributed by atoms with E-state index >= 15 is 0 Å². The number of amides is 2. The third-order valence-electron chi connectivity index (χ3n) is 9.95. The van der Waals surface area contributed by atoms with Crippen molar-refractivity contribution in [3.8, 4) is 16.9 Å². The Balaban J connectivity index is 1.33. The first-order chi connectivity index (χ1) is 27.5. The van der Waals surface area contributed by atoms with Crippen LogP contribution < -0.4 is 15.4 Å². The van der Waals surface area contributed by atoms with Gasteiger partial charge in [-0.3, -0.25) is 24.0 Å². The summed E-state index contributed by atoms with van der Waals surface area (Å²) in [4.78, 5) is 80.6. The van der Waals surface area contributed by atoms with Crippen LogP contribution in [-0.2, 0) is 49.7 Å². The molecule has 4 N–H and O–H groups in total. The van der Waals surface area contributed by atoms with Gasteiger partial charge in [-0.25, -0.2) is 4.79 Å². The van der Waals surface area contributed by atoms with Crippen LogP contribution in [0.5, 0.6) is 5.75 Å². The Kier molecular flexibility index (Phi) is 13.4. The van der Waals surface area contributed by atoms with Crippen molar-refractivity contribution in [1.82, 2.24) is 10.6 Å². The standard InChI is InChI=1S/C45H42N2O9S/c48-36-24-34(25-38-7-4-20-57-38)42(50)47-40(23-30-8-12-31(13-9-30)32-14-16-33(17-15-32)44(52)53)43(51)46-39(22-28-5-2-1-3-6-28)41(49)26-35(45(54)55)21-29-10-18-37(19-11-29)56-27-36/h1-20,34-35,39-40H,21-27H2,(H,46,51)(H,47,50)(H,52,53)(H,54,55)/t34-,35+,39-,40-/m0/s1. The number of ether oxygens (including phenoxy) is 1. The lowest BCUT2D eigenvalue weighted by Gasteiger charge is -2.26. The largest absolute Gasteiger partial charge is 0.486 e. The van der Waals surface area contributed by atoms with Gasteiger partial charge in [0.1, 0.15) is 18.4 Å². The van der Waals surface area contributed by atoms with E-state index in [-0.39, 0.29) is 56.5 Å². The van der Waals surface area contributed by atoms with E-state index in [0.717, 1.165) is 21.6 Å². The topological polar surface area (TPSA) is 176 Å². The van der Waals surface area contributed by atoms with E-state index in [1.807, 2.05) is 47.8 Å². The molecule has 11 nitrogen and oxygen atoms in total. The fourth-order valence-electron chi connectivity index (χ4n) is 6.81. The summed E-state index contributed by atoms with van der Waals surface area (Å²) in [5.41, 5.74) is 3.84. The molecular weight excluding hydrogens is 745 g/mol. The maximum Gasteiger partial charge on any atom is 0.335 e. The maximum atomic E-state index is 14.4. The van der Waals surface area contributed by atoms with Crippen molar-refractivity contribution in [3.05, 3.63) is 148 Å². The fourth-order valence-corrected chi connectivity index (χ4v) is 7.59. The Bertz CT molecular complexity index is 2190. The molecule has 4 aromatic carbocycles. The summed E-state index contributed by atoms with van der Waals surface area (Å²) in [6, 6.07) is 30.8. The van der Waals surface area contributed by atoms with E-state index < -0.39 is 53.5 Å². The zero-order valence-electron chi connectivity index (χ0n) is 31.0. The molecular formula is C45H42N2O9S. The van der Waals surface area contributed by atoms with Crippen LogP contribution in [0.2, 0.25) is 0 Å². The number of nitrogens with one attached hydrogen (secondary N) is 2. The molecule has 0 saturated carbocycles. The molecule has 2 bridgehead atoms. The van der Waals surface area contributed by atoms with E-state index in [0.29, 0.717) is 16.9 Å². The third kappa shape index (κ3) is 11.3. The van der Waals surface area contributed by atoms with E-state index in [1.165, 1.54) is 23.5 Å². The van der Waals surface area contributed by atoms with Crippen LogP contribution >= 0.6 is 11.3 Å². The molecule has 2 aliphatic rings. The van der Waals surface area contributed by atoms with Gasteiger partial charge in [-0.05, 0) is 82.8 Å². The number of hydrogen-bond acceptors (Lipinski definition) is 8. The van der Waals surface area contributed by atoms with Crippen LogP contribution in [0.25, 0.3) is 11.1 Å². The summed E-state index contributed by atoms with van der Waals surface area (Å²) >= 11 is 1.45. The van der Waals surface area contributed by atoms with Crippen molar-refractivity contribution in [2.24, 2.45) is 11.8 Å². The van der Waals surface area contributed by atoms with Crippen molar-refractivity contribution >= 4 is 46.7 Å². The highest BCUT2D eigenvalue weighted by atomic mass is 32.1. The number of carbonyl (C=O) groups excluding carboxylic acids is 4. The quantitative estimate of drug-likeness (QED) is 0.140. The van der Waals surface area contributed by atoms with Crippen LogP contribution in [0.15, 0.2) is 121 Å². The van der Waals surface area contributed by atoms with Gasteiger partial charge in [0.15, 0.2) is 11.6 Å². The lowest BCUT2D eigenvalue weighted by Crippen LogP contribution is -2.54. The predicted molar refractivity (Wildman–Crippen MR) is 214 cm³/mol. The maximum absolute atomic E-state index is 14.4. The highest BCUT2D eigenvalue weighted by molar-refractivity contribution is 7.09. The van der Waals surface area contributed by atoms with Gasteiger partial charge in [0, 0.05) is 30.1 Å². The first-order valence-electron chi connectivity index (χ1n) is 18.6. The van der Waals surface area contributed by atoms with Crippen molar-refractivity contribution in [3.63, 3.8) is 0 Å². The Labute approximate surface area is 333 Å². The molecule has 2 aliphatic heterocycles. The van der Waals surface area contributed by atoms with E-state index in [1.54, 1.807) is 60.7 Å². The number of thiophene rings is 1. The molecule has 0 aliphatic carbocycles. The van der Waals surface area contributed by atoms with Gasteiger partial charge in [-0.1, -0.05) is 84.9 Å². The van der Waals surface area contributed by atoms with Crippen LogP contribution in [0.4, 0.5) is 0 Å². The van der Waals surface area contributed by atoms with E-state index in [9.17, 15) is 39.0 Å². The van der Waals surface area contributed by atoms with Crippen molar-refractivity contribution < 1.29 is 43.7 Å². The zero-order chi connectivity index (χ0) is 40.3. The molecule has 0 unspecified atom stereocenters. The lowest BCUT2D eigenvalue weighted by atomic mass is 9.90. The highest BCUT2D eigenvalue weighted by Crippen LogP contribution is 2.24. The molecule has 2 amide bonds. The van der Waals surface area contributed by atoms with Crippen molar-refractivity contribution in [2.45, 2.75) is 50.6 Å². The summed E-state index contributed by atoms with van der Waals surface area (Å²) < 4.78 is 5.75. The van der Waals surface area contributed by atoms with Crippen LogP contribution in [0.3, 0.4) is 0 Å². The number of rotatable bonds is 9. The zero-order valence-corrected chi connectivity index (χ0v) is 31.8. The monoisotopic (exact) mass is 786 g/mol. The minimum Gasteiger partial charge on any atom is -0.486 e. The lowest BCUT2D eigenvalue weighted by molar-refractivity contribution is -0.144. The second-order valence-corrected chi connectivity index (χ2v) is 15.2. The summed E-state index contributed by atoms with van der Waals surface area (Å²) in [6.07, 6.45) is -0.0874. The van der Waals surface area contributed by atoms with Crippen LogP contribution in [0, 0.1) is 11.8 Å². The summed E-state index contributed by atoms with van der Waals surface area (Å²) in [6.45, 7) is -0.295. The fraction of sp³-hybridized carbons (Fsp3) is 0.244. The SMILES string of the molecule is O=C1COc2ccc(cc2)C[C@@H](C(=O)O)CC(=O)[C@H](Cc2ccccc2)NC(=O)[C@H](Cc2ccc(-c3ccc(C(=O)O)cc3)cc2)NC(=O)[C@H](Cc2cccs2)C1. The van der Waals surface area contributed by atoms with Gasteiger partial charge >= 0.3 is 11.9 Å². The Hall–Kier alpha value is -6.40. The van der Waals surface area contributed by atoms with Gasteiger partial charge in [-0.15, -0.1) is 11.3 Å². The minimum absolute atomic E-state index is 0.0244. The Morgan fingerprint density at radius 3 is 1.91 bits per heavy atom.